The van der Waals surface area contributed by atoms with Gasteiger partial charge in [0.25, 0.3) is 0 Å². The van der Waals surface area contributed by atoms with Gasteiger partial charge in [0.2, 0.25) is 5.95 Å². The summed E-state index contributed by atoms with van der Waals surface area (Å²) in [4.78, 5) is 4.65. The number of nitrogens with one attached hydrogen (secondary N) is 1. The van der Waals surface area contributed by atoms with Crippen LogP contribution in [-0.4, -0.2) is 40.7 Å². The van der Waals surface area contributed by atoms with Crippen LogP contribution in [0.1, 0.15) is 29.4 Å². The molecule has 7 heteroatoms. The number of aliphatic hydroxyl groups is 1. The van der Waals surface area contributed by atoms with Crippen molar-refractivity contribution < 1.29 is 14.6 Å². The average Bonchev–Trinajstić information content (AvgIpc) is 3.20. The molecule has 2 heterocycles. The lowest BCUT2D eigenvalue weighted by Gasteiger charge is -2.25. The molecule has 0 aliphatic carbocycles. The number of ether oxygens (including phenoxy) is 2. The Balaban J connectivity index is 1.81. The van der Waals surface area contributed by atoms with E-state index in [-0.39, 0.29) is 12.6 Å². The SMILES string of the molecule is COc1ccc(C2C=C(c3ccccc3)Nc3nc(CCCO)nn32)c(OC)c1. The summed E-state index contributed by atoms with van der Waals surface area (Å²) in [6.45, 7) is 0.112. The fourth-order valence-electron chi connectivity index (χ4n) is 3.45. The van der Waals surface area contributed by atoms with Gasteiger partial charge >= 0.3 is 0 Å². The van der Waals surface area contributed by atoms with Crippen LogP contribution in [-0.2, 0) is 6.42 Å². The fraction of sp³-hybridized carbons (Fsp3) is 0.273. The lowest BCUT2D eigenvalue weighted by atomic mass is 10.0. The molecule has 4 rings (SSSR count). The van der Waals surface area contributed by atoms with Crippen molar-refractivity contribution in [3.8, 4) is 11.5 Å². The number of anilines is 1. The molecule has 0 amide bonds. The van der Waals surface area contributed by atoms with Crippen molar-refractivity contribution in [3.63, 3.8) is 0 Å². The first kappa shape index (κ1) is 19.0. The maximum absolute atomic E-state index is 9.15. The van der Waals surface area contributed by atoms with Gasteiger partial charge in [0.05, 0.1) is 14.2 Å². The van der Waals surface area contributed by atoms with E-state index in [4.69, 9.17) is 19.7 Å². The van der Waals surface area contributed by atoms with Crippen LogP contribution < -0.4 is 14.8 Å². The lowest BCUT2D eigenvalue weighted by Crippen LogP contribution is -2.20. The number of benzene rings is 2. The zero-order valence-corrected chi connectivity index (χ0v) is 16.5. The van der Waals surface area contributed by atoms with Gasteiger partial charge < -0.3 is 19.9 Å². The zero-order valence-electron chi connectivity index (χ0n) is 16.5. The number of aryl methyl sites for hydroxylation is 1. The summed E-state index contributed by atoms with van der Waals surface area (Å²) in [6, 6.07) is 15.7. The van der Waals surface area contributed by atoms with Crippen molar-refractivity contribution in [2.45, 2.75) is 18.9 Å². The third-order valence-electron chi connectivity index (χ3n) is 4.91. The minimum Gasteiger partial charge on any atom is -0.497 e. The summed E-state index contributed by atoms with van der Waals surface area (Å²) in [6.07, 6.45) is 3.36. The number of methoxy groups -OCH3 is 2. The molecule has 1 unspecified atom stereocenters. The molecular weight excluding hydrogens is 368 g/mol. The number of allylic oxidation sites excluding steroid dienone is 1. The van der Waals surface area contributed by atoms with E-state index in [1.165, 1.54) is 0 Å². The van der Waals surface area contributed by atoms with Crippen LogP contribution in [0.25, 0.3) is 5.70 Å². The van der Waals surface area contributed by atoms with E-state index in [0.29, 0.717) is 24.6 Å². The minimum atomic E-state index is -0.197. The van der Waals surface area contributed by atoms with Crippen molar-refractivity contribution in [1.29, 1.82) is 0 Å². The molecule has 150 valence electrons. The molecule has 2 N–H and O–H groups in total. The fourth-order valence-corrected chi connectivity index (χ4v) is 3.45. The molecule has 0 saturated heterocycles. The van der Waals surface area contributed by atoms with E-state index in [2.05, 4.69) is 28.5 Å². The van der Waals surface area contributed by atoms with Crippen molar-refractivity contribution >= 4 is 11.6 Å². The third-order valence-corrected chi connectivity index (χ3v) is 4.91. The molecule has 1 aliphatic rings. The number of aromatic nitrogens is 3. The summed E-state index contributed by atoms with van der Waals surface area (Å²) in [5, 5.41) is 17.2. The maximum Gasteiger partial charge on any atom is 0.226 e. The predicted molar refractivity (Wildman–Crippen MR) is 111 cm³/mol. The molecule has 29 heavy (non-hydrogen) atoms. The van der Waals surface area contributed by atoms with Gasteiger partial charge in [-0.25, -0.2) is 4.68 Å². The molecule has 0 fully saturated rings. The first-order valence-corrected chi connectivity index (χ1v) is 9.56. The van der Waals surface area contributed by atoms with Gasteiger partial charge in [-0.1, -0.05) is 30.3 Å². The molecule has 7 nitrogen and oxygen atoms in total. The normalized spacial score (nSPS) is 15.3. The quantitative estimate of drug-likeness (QED) is 0.642. The molecule has 1 aromatic heterocycles. The Kier molecular flexibility index (Phi) is 5.48. The first-order chi connectivity index (χ1) is 14.2. The monoisotopic (exact) mass is 392 g/mol. The Bertz CT molecular complexity index is 1010. The maximum atomic E-state index is 9.15. The molecule has 1 atom stereocenters. The van der Waals surface area contributed by atoms with Crippen molar-refractivity contribution in [2.24, 2.45) is 0 Å². The predicted octanol–water partition coefficient (Wildman–Crippen LogP) is 3.28. The van der Waals surface area contributed by atoms with E-state index in [1.807, 2.05) is 41.1 Å². The number of aliphatic hydroxyl groups excluding tert-OH is 1. The topological polar surface area (TPSA) is 81.4 Å². The van der Waals surface area contributed by atoms with Crippen molar-refractivity contribution in [2.75, 3.05) is 26.1 Å². The smallest absolute Gasteiger partial charge is 0.226 e. The summed E-state index contributed by atoms with van der Waals surface area (Å²) < 4.78 is 12.9. The van der Waals surface area contributed by atoms with E-state index in [1.54, 1.807) is 14.2 Å². The molecule has 0 radical (unpaired) electrons. The average molecular weight is 392 g/mol. The minimum absolute atomic E-state index is 0.112. The van der Waals surface area contributed by atoms with E-state index >= 15 is 0 Å². The summed E-state index contributed by atoms with van der Waals surface area (Å²) in [7, 11) is 3.28. The molecule has 0 bridgehead atoms. The highest BCUT2D eigenvalue weighted by atomic mass is 16.5. The summed E-state index contributed by atoms with van der Waals surface area (Å²) in [5.74, 6) is 2.82. The molecular formula is C22H24N4O3. The van der Waals surface area contributed by atoms with Crippen LogP contribution in [0.5, 0.6) is 11.5 Å². The number of hydrogen-bond acceptors (Lipinski definition) is 6. The summed E-state index contributed by atoms with van der Waals surface area (Å²) >= 11 is 0. The van der Waals surface area contributed by atoms with Gasteiger partial charge in [-0.2, -0.15) is 10.1 Å². The Labute approximate surface area is 169 Å². The van der Waals surface area contributed by atoms with Gasteiger partial charge in [-0.3, -0.25) is 0 Å². The van der Waals surface area contributed by atoms with Crippen LogP contribution in [0, 0.1) is 0 Å². The molecule has 0 spiro atoms. The van der Waals surface area contributed by atoms with Gasteiger partial charge in [0.15, 0.2) is 5.82 Å². The largest absolute Gasteiger partial charge is 0.497 e. The molecule has 3 aromatic rings. The summed E-state index contributed by atoms with van der Waals surface area (Å²) in [5.41, 5.74) is 2.99. The highest BCUT2D eigenvalue weighted by Crippen LogP contribution is 2.38. The third kappa shape index (κ3) is 3.82. The Morgan fingerprint density at radius 2 is 1.93 bits per heavy atom. The molecule has 2 aromatic carbocycles. The second-order valence-corrected chi connectivity index (χ2v) is 6.75. The number of rotatable bonds is 7. The Morgan fingerprint density at radius 3 is 2.66 bits per heavy atom. The van der Waals surface area contributed by atoms with E-state index in [9.17, 15) is 0 Å². The van der Waals surface area contributed by atoms with Crippen LogP contribution in [0.3, 0.4) is 0 Å². The number of hydrogen-bond donors (Lipinski definition) is 2. The number of nitrogens with zero attached hydrogens (tertiary/aromatic N) is 3. The van der Waals surface area contributed by atoms with Crippen LogP contribution in [0.2, 0.25) is 0 Å². The van der Waals surface area contributed by atoms with Crippen molar-refractivity contribution in [3.05, 3.63) is 71.6 Å². The van der Waals surface area contributed by atoms with Gasteiger partial charge in [-0.05, 0) is 30.2 Å². The van der Waals surface area contributed by atoms with E-state index < -0.39 is 0 Å². The second kappa shape index (κ2) is 8.36. The Morgan fingerprint density at radius 1 is 1.10 bits per heavy atom. The Hall–Kier alpha value is -3.32. The standard InChI is InChI=1S/C22H24N4O3/c1-28-16-10-11-17(20(13-16)29-2)19-14-18(15-7-4-3-5-8-15)23-22-24-21(9-6-12-27)25-26(19)22/h3-5,7-8,10-11,13-14,19,27H,6,9,12H2,1-2H3,(H,23,24,25). The highest BCUT2D eigenvalue weighted by molar-refractivity contribution is 5.77. The van der Waals surface area contributed by atoms with Crippen LogP contribution in [0.15, 0.2) is 54.6 Å². The lowest BCUT2D eigenvalue weighted by molar-refractivity contribution is 0.287. The van der Waals surface area contributed by atoms with E-state index in [0.717, 1.165) is 28.3 Å². The van der Waals surface area contributed by atoms with Gasteiger partial charge in [-0.15, -0.1) is 0 Å². The molecule has 0 saturated carbocycles. The van der Waals surface area contributed by atoms with Crippen LogP contribution in [0.4, 0.5) is 5.95 Å². The van der Waals surface area contributed by atoms with Crippen molar-refractivity contribution in [1.82, 2.24) is 14.8 Å². The van der Waals surface area contributed by atoms with Gasteiger partial charge in [0, 0.05) is 30.4 Å². The van der Waals surface area contributed by atoms with Crippen LogP contribution >= 0.6 is 0 Å². The number of fused-ring (bicyclic) bond motifs is 1. The zero-order chi connectivity index (χ0) is 20.2. The molecule has 1 aliphatic heterocycles. The van der Waals surface area contributed by atoms with Gasteiger partial charge in [0.1, 0.15) is 17.5 Å². The first-order valence-electron chi connectivity index (χ1n) is 9.56. The highest BCUT2D eigenvalue weighted by Gasteiger charge is 2.27. The second-order valence-electron chi connectivity index (χ2n) is 6.75.